The van der Waals surface area contributed by atoms with Crippen LogP contribution < -0.4 is 5.32 Å². The maximum atomic E-state index is 11.3. The molecule has 0 bridgehead atoms. The number of halogens is 1. The molecule has 1 heterocycles. The molecular formula is C9H16ClNO2. The number of amides is 1. The Kier molecular flexibility index (Phi) is 3.56. The molecule has 13 heavy (non-hydrogen) atoms. The summed E-state index contributed by atoms with van der Waals surface area (Å²) in [6, 6.07) is 0. The number of carbonyl (C=O) groups is 1. The van der Waals surface area contributed by atoms with Crippen LogP contribution in [0.15, 0.2) is 0 Å². The summed E-state index contributed by atoms with van der Waals surface area (Å²) < 4.78 is 5.31. The number of rotatable bonds is 2. The monoisotopic (exact) mass is 205 g/mol. The lowest BCUT2D eigenvalue weighted by molar-refractivity contribution is -0.124. The molecule has 2 unspecified atom stereocenters. The van der Waals surface area contributed by atoms with E-state index in [2.05, 4.69) is 5.32 Å². The van der Waals surface area contributed by atoms with Gasteiger partial charge in [0.15, 0.2) is 0 Å². The molecular weight excluding hydrogens is 190 g/mol. The van der Waals surface area contributed by atoms with E-state index in [1.807, 2.05) is 6.92 Å². The summed E-state index contributed by atoms with van der Waals surface area (Å²) in [4.78, 5) is 11.3. The Bertz CT molecular complexity index is 188. The van der Waals surface area contributed by atoms with Gasteiger partial charge in [-0.1, -0.05) is 0 Å². The smallest absolute Gasteiger partial charge is 0.238 e. The fourth-order valence-corrected chi connectivity index (χ4v) is 1.48. The van der Waals surface area contributed by atoms with Crippen LogP contribution in [0.5, 0.6) is 0 Å². The molecule has 2 atom stereocenters. The third-order valence-corrected chi connectivity index (χ3v) is 2.42. The highest BCUT2D eigenvalue weighted by Crippen LogP contribution is 2.18. The molecule has 0 aromatic rings. The maximum absolute atomic E-state index is 11.3. The van der Waals surface area contributed by atoms with Crippen molar-refractivity contribution < 1.29 is 9.53 Å². The quantitative estimate of drug-likeness (QED) is 0.691. The third-order valence-electron chi connectivity index (χ3n) is 2.22. The summed E-state index contributed by atoms with van der Waals surface area (Å²) >= 11 is 5.66. The zero-order chi connectivity index (χ0) is 9.90. The Morgan fingerprint density at radius 3 is 2.85 bits per heavy atom. The average molecular weight is 206 g/mol. The van der Waals surface area contributed by atoms with E-state index in [0.717, 1.165) is 19.4 Å². The zero-order valence-corrected chi connectivity index (χ0v) is 8.86. The van der Waals surface area contributed by atoms with Crippen molar-refractivity contribution in [1.29, 1.82) is 0 Å². The predicted octanol–water partition coefficient (Wildman–Crippen LogP) is 1.30. The van der Waals surface area contributed by atoms with Gasteiger partial charge < -0.3 is 10.1 Å². The SMILES string of the molecule is CC(Cl)C(=O)NC1(C)CCCOC1. The number of hydrogen-bond acceptors (Lipinski definition) is 2. The summed E-state index contributed by atoms with van der Waals surface area (Å²) in [6.07, 6.45) is 1.95. The first kappa shape index (κ1) is 10.8. The van der Waals surface area contributed by atoms with Crippen LogP contribution in [-0.4, -0.2) is 30.0 Å². The predicted molar refractivity (Wildman–Crippen MR) is 51.9 cm³/mol. The largest absolute Gasteiger partial charge is 0.379 e. The van der Waals surface area contributed by atoms with E-state index in [9.17, 15) is 4.79 Å². The molecule has 0 spiro atoms. The lowest BCUT2D eigenvalue weighted by atomic mass is 9.95. The summed E-state index contributed by atoms with van der Waals surface area (Å²) in [5.74, 6) is -0.116. The van der Waals surface area contributed by atoms with Crippen molar-refractivity contribution in [2.75, 3.05) is 13.2 Å². The van der Waals surface area contributed by atoms with Crippen molar-refractivity contribution in [2.24, 2.45) is 0 Å². The molecule has 0 saturated carbocycles. The topological polar surface area (TPSA) is 38.3 Å². The van der Waals surface area contributed by atoms with Crippen LogP contribution in [0.25, 0.3) is 0 Å². The number of carbonyl (C=O) groups excluding carboxylic acids is 1. The van der Waals surface area contributed by atoms with E-state index in [-0.39, 0.29) is 11.4 Å². The van der Waals surface area contributed by atoms with Gasteiger partial charge in [0.05, 0.1) is 12.1 Å². The highest BCUT2D eigenvalue weighted by atomic mass is 35.5. The molecule has 1 rings (SSSR count). The normalized spacial score (nSPS) is 31.0. The van der Waals surface area contributed by atoms with Crippen molar-refractivity contribution in [3.63, 3.8) is 0 Å². The molecule has 1 amide bonds. The second kappa shape index (κ2) is 4.29. The first-order valence-corrected chi connectivity index (χ1v) is 5.01. The van der Waals surface area contributed by atoms with Gasteiger partial charge in [-0.2, -0.15) is 0 Å². The molecule has 3 nitrogen and oxygen atoms in total. The molecule has 76 valence electrons. The Balaban J connectivity index is 2.45. The van der Waals surface area contributed by atoms with Gasteiger partial charge in [0.2, 0.25) is 5.91 Å². The minimum Gasteiger partial charge on any atom is -0.379 e. The summed E-state index contributed by atoms with van der Waals surface area (Å²) in [7, 11) is 0. The molecule has 1 aliphatic heterocycles. The first-order valence-electron chi connectivity index (χ1n) is 4.57. The molecule has 4 heteroatoms. The molecule has 0 radical (unpaired) electrons. The second-order valence-electron chi connectivity index (χ2n) is 3.82. The summed E-state index contributed by atoms with van der Waals surface area (Å²) in [5.41, 5.74) is -0.224. The highest BCUT2D eigenvalue weighted by Gasteiger charge is 2.30. The molecule has 1 fully saturated rings. The van der Waals surface area contributed by atoms with Crippen molar-refractivity contribution in [3.05, 3.63) is 0 Å². The van der Waals surface area contributed by atoms with Gasteiger partial charge in [0.1, 0.15) is 5.38 Å². The van der Waals surface area contributed by atoms with E-state index in [0.29, 0.717) is 6.61 Å². The average Bonchev–Trinajstić information content (AvgIpc) is 2.04. The van der Waals surface area contributed by atoms with Crippen LogP contribution in [0, 0.1) is 0 Å². The fourth-order valence-electron chi connectivity index (χ4n) is 1.43. The standard InChI is InChI=1S/C9H16ClNO2/c1-7(10)8(12)11-9(2)4-3-5-13-6-9/h7H,3-6H2,1-2H3,(H,11,12). The molecule has 1 N–H and O–H groups in total. The number of nitrogens with one attached hydrogen (secondary N) is 1. The lowest BCUT2D eigenvalue weighted by Gasteiger charge is -2.34. The molecule has 0 aromatic heterocycles. The molecule has 0 aliphatic carbocycles. The number of ether oxygens (including phenoxy) is 1. The van der Waals surface area contributed by atoms with Crippen molar-refractivity contribution in [3.8, 4) is 0 Å². The van der Waals surface area contributed by atoms with Crippen LogP contribution in [-0.2, 0) is 9.53 Å². The fraction of sp³-hybridized carbons (Fsp3) is 0.889. The first-order chi connectivity index (χ1) is 6.03. The van der Waals surface area contributed by atoms with Gasteiger partial charge in [-0.05, 0) is 26.7 Å². The van der Waals surface area contributed by atoms with Crippen LogP contribution in [0.1, 0.15) is 26.7 Å². The van der Waals surface area contributed by atoms with Crippen LogP contribution in [0.2, 0.25) is 0 Å². The van der Waals surface area contributed by atoms with E-state index in [4.69, 9.17) is 16.3 Å². The Morgan fingerprint density at radius 2 is 2.38 bits per heavy atom. The van der Waals surface area contributed by atoms with E-state index in [1.54, 1.807) is 6.92 Å². The van der Waals surface area contributed by atoms with E-state index < -0.39 is 5.38 Å². The van der Waals surface area contributed by atoms with Crippen molar-refractivity contribution in [1.82, 2.24) is 5.32 Å². The van der Waals surface area contributed by atoms with E-state index >= 15 is 0 Å². The lowest BCUT2D eigenvalue weighted by Crippen LogP contribution is -2.53. The van der Waals surface area contributed by atoms with Gasteiger partial charge in [-0.25, -0.2) is 0 Å². The van der Waals surface area contributed by atoms with Gasteiger partial charge in [-0.15, -0.1) is 11.6 Å². The number of hydrogen-bond donors (Lipinski definition) is 1. The van der Waals surface area contributed by atoms with E-state index in [1.165, 1.54) is 0 Å². The van der Waals surface area contributed by atoms with Crippen LogP contribution in [0.3, 0.4) is 0 Å². The van der Waals surface area contributed by atoms with Crippen molar-refractivity contribution >= 4 is 17.5 Å². The summed E-state index contributed by atoms with van der Waals surface area (Å²) in [6.45, 7) is 5.04. The molecule has 0 aromatic carbocycles. The van der Waals surface area contributed by atoms with Crippen LogP contribution >= 0.6 is 11.6 Å². The molecule has 1 saturated heterocycles. The number of alkyl halides is 1. The van der Waals surface area contributed by atoms with Crippen LogP contribution in [0.4, 0.5) is 0 Å². The van der Waals surface area contributed by atoms with Gasteiger partial charge >= 0.3 is 0 Å². The molecule has 1 aliphatic rings. The Hall–Kier alpha value is -0.280. The minimum absolute atomic E-state index is 0.116. The maximum Gasteiger partial charge on any atom is 0.238 e. The zero-order valence-electron chi connectivity index (χ0n) is 8.10. The third kappa shape index (κ3) is 3.16. The Labute approximate surface area is 83.8 Å². The van der Waals surface area contributed by atoms with Gasteiger partial charge in [-0.3, -0.25) is 4.79 Å². The van der Waals surface area contributed by atoms with Gasteiger partial charge in [0.25, 0.3) is 0 Å². The minimum atomic E-state index is -0.473. The highest BCUT2D eigenvalue weighted by molar-refractivity contribution is 6.30. The summed E-state index contributed by atoms with van der Waals surface area (Å²) in [5, 5.41) is 2.43. The van der Waals surface area contributed by atoms with Crippen molar-refractivity contribution in [2.45, 2.75) is 37.6 Å². The van der Waals surface area contributed by atoms with Gasteiger partial charge in [0, 0.05) is 6.61 Å². The second-order valence-corrected chi connectivity index (χ2v) is 4.48. The Morgan fingerprint density at radius 1 is 1.69 bits per heavy atom.